The second-order valence-electron chi connectivity index (χ2n) is 4.62. The summed E-state index contributed by atoms with van der Waals surface area (Å²) < 4.78 is 1.81. The first-order chi connectivity index (χ1) is 7.91. The fraction of sp³-hybridized carbons (Fsp3) is 0.583. The minimum absolute atomic E-state index is 0.000969. The predicted molar refractivity (Wildman–Crippen MR) is 62.4 cm³/mol. The van der Waals surface area contributed by atoms with E-state index in [1.165, 1.54) is 0 Å². The van der Waals surface area contributed by atoms with Crippen LogP contribution < -0.4 is 0 Å². The first-order valence-corrected chi connectivity index (χ1v) is 5.73. The van der Waals surface area contributed by atoms with E-state index < -0.39 is 0 Å². The van der Waals surface area contributed by atoms with Crippen LogP contribution in [-0.4, -0.2) is 32.9 Å². The molecule has 2 rings (SSSR count). The van der Waals surface area contributed by atoms with Crippen molar-refractivity contribution >= 4 is 11.7 Å². The fourth-order valence-electron chi connectivity index (χ4n) is 2.51. The summed E-state index contributed by atoms with van der Waals surface area (Å²) in [5.74, 6) is -0.0776. The molecule has 0 N–H and O–H groups in total. The van der Waals surface area contributed by atoms with Gasteiger partial charge in [-0.05, 0) is 20.8 Å². The molecule has 1 aliphatic rings. The molecule has 0 aliphatic carbocycles. The highest BCUT2D eigenvalue weighted by Crippen LogP contribution is 2.28. The van der Waals surface area contributed by atoms with Gasteiger partial charge >= 0.3 is 0 Å². The van der Waals surface area contributed by atoms with Crippen LogP contribution in [0.25, 0.3) is 0 Å². The van der Waals surface area contributed by atoms with Crippen molar-refractivity contribution in [3.05, 3.63) is 17.0 Å². The van der Waals surface area contributed by atoms with Crippen LogP contribution in [0.3, 0.4) is 0 Å². The van der Waals surface area contributed by atoms with E-state index in [1.54, 1.807) is 4.90 Å². The van der Waals surface area contributed by atoms with Crippen LogP contribution in [0, 0.1) is 13.8 Å². The molecular formula is C12H17N3O2. The Labute approximate surface area is 100 Å². The van der Waals surface area contributed by atoms with E-state index in [0.29, 0.717) is 0 Å². The number of amides is 1. The first kappa shape index (κ1) is 11.8. The van der Waals surface area contributed by atoms with Crippen molar-refractivity contribution in [1.29, 1.82) is 0 Å². The zero-order valence-corrected chi connectivity index (χ0v) is 10.6. The van der Waals surface area contributed by atoms with Crippen LogP contribution in [0.4, 0.5) is 0 Å². The number of likely N-dealkylation sites (tertiary alicyclic amines) is 1. The summed E-state index contributed by atoms with van der Waals surface area (Å²) in [5.41, 5.74) is 3.02. The van der Waals surface area contributed by atoms with Gasteiger partial charge in [0.25, 0.3) is 0 Å². The Hall–Kier alpha value is -1.65. The second kappa shape index (κ2) is 3.98. The summed E-state index contributed by atoms with van der Waals surface area (Å²) in [7, 11) is 1.88. The van der Waals surface area contributed by atoms with Crippen molar-refractivity contribution in [3.8, 4) is 0 Å². The fourth-order valence-corrected chi connectivity index (χ4v) is 2.51. The van der Waals surface area contributed by atoms with E-state index in [1.807, 2.05) is 32.5 Å². The van der Waals surface area contributed by atoms with E-state index in [2.05, 4.69) is 5.10 Å². The van der Waals surface area contributed by atoms with Gasteiger partial charge in [0.15, 0.2) is 5.78 Å². The molecule has 0 saturated carbocycles. The first-order valence-electron chi connectivity index (χ1n) is 5.73. The Morgan fingerprint density at radius 1 is 1.29 bits per heavy atom. The van der Waals surface area contributed by atoms with E-state index >= 15 is 0 Å². The molecule has 0 bridgehead atoms. The lowest BCUT2D eigenvalue weighted by Gasteiger charge is -2.24. The van der Waals surface area contributed by atoms with Gasteiger partial charge in [0.2, 0.25) is 5.91 Å². The number of carbonyl (C=O) groups excluding carboxylic acids is 2. The molecule has 1 saturated heterocycles. The van der Waals surface area contributed by atoms with Gasteiger partial charge in [0.05, 0.1) is 24.7 Å². The van der Waals surface area contributed by atoms with Crippen LogP contribution in [0.1, 0.15) is 36.3 Å². The third-order valence-corrected chi connectivity index (χ3v) is 3.47. The number of nitrogens with zero attached hydrogens (tertiary/aromatic N) is 3. The summed E-state index contributed by atoms with van der Waals surface area (Å²) in [5, 5.41) is 4.34. The van der Waals surface area contributed by atoms with Crippen molar-refractivity contribution in [3.63, 3.8) is 0 Å². The summed E-state index contributed by atoms with van der Waals surface area (Å²) in [6.45, 7) is 6.09. The molecule has 1 aromatic heterocycles. The molecule has 5 nitrogen and oxygen atoms in total. The SMILES string of the molecule is Cc1nn(C)c(C)c1C(C)N1CC(=O)CC1=O. The highest BCUT2D eigenvalue weighted by Gasteiger charge is 2.33. The van der Waals surface area contributed by atoms with Crippen LogP contribution in [0.15, 0.2) is 0 Å². The van der Waals surface area contributed by atoms with E-state index in [-0.39, 0.29) is 30.7 Å². The minimum atomic E-state index is -0.0809. The maximum absolute atomic E-state index is 11.7. The van der Waals surface area contributed by atoms with Gasteiger partial charge in [0.1, 0.15) is 0 Å². The smallest absolute Gasteiger partial charge is 0.231 e. The zero-order chi connectivity index (χ0) is 12.7. The molecule has 1 aromatic rings. The minimum Gasteiger partial charge on any atom is -0.328 e. The highest BCUT2D eigenvalue weighted by atomic mass is 16.2. The third kappa shape index (κ3) is 1.85. The molecule has 1 atom stereocenters. The third-order valence-electron chi connectivity index (χ3n) is 3.47. The van der Waals surface area contributed by atoms with Crippen LogP contribution >= 0.6 is 0 Å². The lowest BCUT2D eigenvalue weighted by atomic mass is 10.1. The Bertz CT molecular complexity index is 490. The summed E-state index contributed by atoms with van der Waals surface area (Å²) in [4.78, 5) is 24.6. The van der Waals surface area contributed by atoms with Gasteiger partial charge in [-0.2, -0.15) is 5.10 Å². The van der Waals surface area contributed by atoms with Crippen molar-refractivity contribution < 1.29 is 9.59 Å². The van der Waals surface area contributed by atoms with E-state index in [4.69, 9.17) is 0 Å². The van der Waals surface area contributed by atoms with Gasteiger partial charge in [-0.1, -0.05) is 0 Å². The molecule has 0 spiro atoms. The molecular weight excluding hydrogens is 218 g/mol. The summed E-state index contributed by atoms with van der Waals surface area (Å²) >= 11 is 0. The molecule has 1 unspecified atom stereocenters. The average molecular weight is 235 g/mol. The Balaban J connectivity index is 2.34. The number of carbonyl (C=O) groups is 2. The van der Waals surface area contributed by atoms with E-state index in [9.17, 15) is 9.59 Å². The maximum atomic E-state index is 11.7. The topological polar surface area (TPSA) is 55.2 Å². The number of Topliss-reactive ketones (excluding diaryl/α,β-unsaturated/α-hetero) is 1. The number of ketones is 1. The Morgan fingerprint density at radius 2 is 1.94 bits per heavy atom. The second-order valence-corrected chi connectivity index (χ2v) is 4.62. The van der Waals surface area contributed by atoms with Crippen molar-refractivity contribution in [2.75, 3.05) is 6.54 Å². The molecule has 0 aromatic carbocycles. The van der Waals surface area contributed by atoms with Gasteiger partial charge in [-0.3, -0.25) is 14.3 Å². The molecule has 17 heavy (non-hydrogen) atoms. The van der Waals surface area contributed by atoms with Gasteiger partial charge in [-0.15, -0.1) is 0 Å². The largest absolute Gasteiger partial charge is 0.328 e. The standard InChI is InChI=1S/C12H17N3O2/c1-7-12(8(2)14(4)13-7)9(3)15-6-10(16)5-11(15)17/h9H,5-6H2,1-4H3. The lowest BCUT2D eigenvalue weighted by molar-refractivity contribution is -0.129. The Kier molecular flexibility index (Phi) is 2.77. The van der Waals surface area contributed by atoms with Gasteiger partial charge < -0.3 is 4.90 Å². The zero-order valence-electron chi connectivity index (χ0n) is 10.6. The number of rotatable bonds is 2. The number of aromatic nitrogens is 2. The summed E-state index contributed by atoms with van der Waals surface area (Å²) in [6, 6.07) is -0.0809. The van der Waals surface area contributed by atoms with Gasteiger partial charge in [-0.25, -0.2) is 0 Å². The molecule has 92 valence electrons. The quantitative estimate of drug-likeness (QED) is 0.716. The molecule has 1 aliphatic heterocycles. The molecule has 5 heteroatoms. The lowest BCUT2D eigenvalue weighted by Crippen LogP contribution is -2.29. The Morgan fingerprint density at radius 3 is 2.35 bits per heavy atom. The maximum Gasteiger partial charge on any atom is 0.231 e. The molecule has 1 amide bonds. The number of hydrogen-bond acceptors (Lipinski definition) is 3. The van der Waals surface area contributed by atoms with Crippen LogP contribution in [0.5, 0.6) is 0 Å². The van der Waals surface area contributed by atoms with Crippen molar-refractivity contribution in [2.24, 2.45) is 7.05 Å². The number of hydrogen-bond donors (Lipinski definition) is 0. The predicted octanol–water partition coefficient (Wildman–Crippen LogP) is 0.899. The normalized spacial score (nSPS) is 18.0. The monoisotopic (exact) mass is 235 g/mol. The van der Waals surface area contributed by atoms with Crippen molar-refractivity contribution in [1.82, 2.24) is 14.7 Å². The molecule has 2 heterocycles. The number of aryl methyl sites for hydroxylation is 2. The van der Waals surface area contributed by atoms with E-state index in [0.717, 1.165) is 17.0 Å². The highest BCUT2D eigenvalue weighted by molar-refractivity contribution is 6.05. The van der Waals surface area contributed by atoms with Crippen LogP contribution in [0.2, 0.25) is 0 Å². The average Bonchev–Trinajstić information content (AvgIpc) is 2.68. The van der Waals surface area contributed by atoms with Gasteiger partial charge in [0, 0.05) is 18.3 Å². The molecule has 1 fully saturated rings. The van der Waals surface area contributed by atoms with Crippen LogP contribution in [-0.2, 0) is 16.6 Å². The van der Waals surface area contributed by atoms with Crippen molar-refractivity contribution in [2.45, 2.75) is 33.2 Å². The summed E-state index contributed by atoms with van der Waals surface area (Å²) in [6.07, 6.45) is 0.0443. The molecule has 0 radical (unpaired) electrons.